The summed E-state index contributed by atoms with van der Waals surface area (Å²) in [6.45, 7) is 43.2. The smallest absolute Gasteiger partial charge is 0.303 e. The monoisotopic (exact) mass is 1600 g/mol. The summed E-state index contributed by atoms with van der Waals surface area (Å²) in [6.07, 6.45) is 7.34. The molecule has 10 unspecified atom stereocenters. The highest BCUT2D eigenvalue weighted by atomic mass is 31.2. The van der Waals surface area contributed by atoms with Crippen LogP contribution in [0.15, 0.2) is 60.7 Å². The number of carboxylic acids is 1. The first-order valence-corrected chi connectivity index (χ1v) is 41.4. The average Bonchev–Trinajstić information content (AvgIpc) is 0.827. The molecule has 3 aliphatic rings. The summed E-state index contributed by atoms with van der Waals surface area (Å²) < 4.78 is 92.6. The molecular weight excluding hydrogens is 1450 g/mol. The van der Waals surface area contributed by atoms with Crippen molar-refractivity contribution in [1.29, 1.82) is 5.26 Å². The number of nitrogens with two attached hydrogens (primary N) is 1. The molecule has 3 fully saturated rings. The summed E-state index contributed by atoms with van der Waals surface area (Å²) in [5, 5.41) is 23.4. The molecule has 0 spiro atoms. The van der Waals surface area contributed by atoms with Crippen molar-refractivity contribution in [3.05, 3.63) is 71.8 Å². The molecule has 3 saturated heterocycles. The predicted octanol–water partition coefficient (Wildman–Crippen LogP) is 15.0. The van der Waals surface area contributed by atoms with E-state index in [0.717, 1.165) is 56.9 Å². The molecule has 2 aromatic rings. The lowest BCUT2D eigenvalue weighted by atomic mass is 9.79. The van der Waals surface area contributed by atoms with Crippen LogP contribution in [-0.2, 0) is 103 Å². The maximum Gasteiger partial charge on any atom is 0.303 e. The number of aliphatic carboxylic acids is 1. The number of esters is 3. The predicted molar refractivity (Wildman–Crippen MR) is 429 cm³/mol. The Bertz CT molecular complexity index is 2840. The van der Waals surface area contributed by atoms with Gasteiger partial charge in [-0.15, -0.1) is 0 Å². The first kappa shape index (κ1) is 102. The van der Waals surface area contributed by atoms with Crippen molar-refractivity contribution in [2.75, 3.05) is 73.0 Å². The van der Waals surface area contributed by atoms with Gasteiger partial charge in [0.15, 0.2) is 18.9 Å². The van der Waals surface area contributed by atoms with Crippen molar-refractivity contribution in [3.63, 3.8) is 0 Å². The normalized spacial score (nSPS) is 24.6. The lowest BCUT2D eigenvalue weighted by Crippen LogP contribution is -2.47. The van der Waals surface area contributed by atoms with Crippen LogP contribution in [0.2, 0.25) is 0 Å². The number of hydrogen-bond donors (Lipinski definition) is 4. The summed E-state index contributed by atoms with van der Waals surface area (Å²) in [5.41, 5.74) is 7.73. The highest BCUT2D eigenvalue weighted by Gasteiger charge is 2.43. The summed E-state index contributed by atoms with van der Waals surface area (Å²) in [4.78, 5) is 68.3. The van der Waals surface area contributed by atoms with Gasteiger partial charge >= 0.3 is 23.9 Å². The van der Waals surface area contributed by atoms with Gasteiger partial charge in [0.1, 0.15) is 19.8 Å². The number of unbranched alkanes of at least 4 members (excludes halogenated alkanes) is 6. The van der Waals surface area contributed by atoms with Crippen LogP contribution < -0.4 is 16.4 Å². The summed E-state index contributed by atoms with van der Waals surface area (Å²) >= 11 is 0. The third-order valence-electron chi connectivity index (χ3n) is 20.5. The van der Waals surface area contributed by atoms with Crippen molar-refractivity contribution < 1.29 is 101 Å². The molecule has 0 aromatic heterocycles. The number of ether oxygens (including phenoxy) is 11. The number of nitrogens with one attached hydrogen (secondary N) is 2. The van der Waals surface area contributed by atoms with Crippen molar-refractivity contribution in [3.8, 4) is 6.07 Å². The van der Waals surface area contributed by atoms with Crippen LogP contribution >= 0.6 is 8.53 Å². The lowest BCUT2D eigenvalue weighted by molar-refractivity contribution is -0.255. The van der Waals surface area contributed by atoms with E-state index in [4.69, 9.17) is 78.6 Å². The lowest BCUT2D eigenvalue weighted by Gasteiger charge is -2.43. The maximum absolute atomic E-state index is 12.4. The minimum absolute atomic E-state index is 0.00367. The molecule has 2 amide bonds. The Morgan fingerprint density at radius 1 is 0.523 bits per heavy atom. The molecule has 25 nitrogen and oxygen atoms in total. The van der Waals surface area contributed by atoms with E-state index in [9.17, 15) is 33.2 Å². The fraction of sp³-hybridized carbons (Fsp3) is 0.774. The Morgan fingerprint density at radius 3 is 1.19 bits per heavy atom. The molecule has 5 N–H and O–H groups in total. The zero-order chi connectivity index (χ0) is 84.1. The molecular formula is C84H145FN5O20P. The number of nitrogens with zero attached hydrogens (tertiary/aromatic N) is 2. The second-order valence-corrected chi connectivity index (χ2v) is 31.6. The molecule has 0 bridgehead atoms. The van der Waals surface area contributed by atoms with Gasteiger partial charge < -0.3 is 82.6 Å². The number of nitriles is 1. The van der Waals surface area contributed by atoms with Crippen molar-refractivity contribution in [2.24, 2.45) is 59.0 Å². The first-order valence-electron chi connectivity index (χ1n) is 41.0. The summed E-state index contributed by atoms with van der Waals surface area (Å²) in [5.74, 6) is 1.20. The van der Waals surface area contributed by atoms with Crippen molar-refractivity contribution in [2.45, 2.75) is 296 Å². The molecule has 27 heteroatoms. The number of carbonyl (C=O) groups excluding carboxylic acids is 5. The molecule has 3 aliphatic heterocycles. The fourth-order valence-corrected chi connectivity index (χ4v) is 14.1. The van der Waals surface area contributed by atoms with Gasteiger partial charge in [0.2, 0.25) is 11.8 Å². The molecule has 111 heavy (non-hydrogen) atoms. The van der Waals surface area contributed by atoms with Gasteiger partial charge in [-0.25, -0.2) is 4.67 Å². The Hall–Kier alpha value is -5.37. The van der Waals surface area contributed by atoms with Gasteiger partial charge in [0.05, 0.1) is 77.5 Å². The van der Waals surface area contributed by atoms with E-state index < -0.39 is 21.6 Å². The van der Waals surface area contributed by atoms with Gasteiger partial charge in [0.25, 0.3) is 8.53 Å². The number of amides is 2. The standard InChI is InChI=1S/C29H54N3O7P.C27H43NO6.C17H30O6.C10H15NO.CH3F/c1-20(2)32(21(3)4)40(37-17-13-15-30)39-22(5)18-31-28(34)14-11-10-12-16-35-29-25(8)23(6)24(7)27(38-29)19-36-26(9)33;1-19(32-17-24-12-8-6-9-13-24)16-28-26(30)14-10-7-11-15-31-27-22(4)20(2)21(3)25(34-27)18-33-23(5)29;1-11-12(2)15(10-22-14(4)18)23-17(13(11)3)21-9-7-5-6-8-16(19)20;1-9(7-11)12-8-10-5-3-2-4-6-10;1-2/h20-25,27,29H,10-14,16-19H2,1-9H3,(H,31,34);6,8-9,12-13,19-22,25,27H,7,10-11,14-18H2,1-5H3,(H,28,30);11-13,15,17H,5-10H2,1-4H3,(H,19,20);2-6,9H,7-8,11H2,1H3;1H3/t22?,23-,24+,25?,27?,29+,40?;19?,20-,21+,22?,25?,27+;11-,12+,13?,15?,17+;;/m000../s1/i;;;;1D. The number of hydrogen-bond acceptors (Lipinski definition) is 22. The minimum atomic E-state index is -1.34. The molecule has 5 rings (SSSR count). The first-order chi connectivity index (χ1) is 53.2. The van der Waals surface area contributed by atoms with Crippen LogP contribution in [0.3, 0.4) is 0 Å². The Balaban J connectivity index is 0.000000785. The maximum atomic E-state index is 12.4. The van der Waals surface area contributed by atoms with E-state index in [1.54, 1.807) is 0 Å². The van der Waals surface area contributed by atoms with E-state index in [1.807, 2.05) is 81.4 Å². The highest BCUT2D eigenvalue weighted by molar-refractivity contribution is 7.44. The fourth-order valence-electron chi connectivity index (χ4n) is 12.4. The number of alkyl halides is 1. The third kappa shape index (κ3) is 45.5. The molecule has 0 aliphatic carbocycles. The Kier molecular flexibility index (Phi) is 56.0. The van der Waals surface area contributed by atoms with Crippen LogP contribution in [0.1, 0.15) is 228 Å². The van der Waals surface area contributed by atoms with E-state index >= 15 is 0 Å². The third-order valence-corrected chi connectivity index (χ3v) is 22.7. The topological polar surface area (TPSA) is 320 Å². The van der Waals surface area contributed by atoms with Crippen molar-refractivity contribution in [1.82, 2.24) is 15.3 Å². The summed E-state index contributed by atoms with van der Waals surface area (Å²) in [7, 11) is -2.34. The summed E-state index contributed by atoms with van der Waals surface area (Å²) in [6, 6.07) is 22.7. The highest BCUT2D eigenvalue weighted by Crippen LogP contribution is 2.47. The molecule has 0 radical (unpaired) electrons. The van der Waals surface area contributed by atoms with Gasteiger partial charge in [0, 0.05) is 109 Å². The van der Waals surface area contributed by atoms with E-state index in [2.05, 4.69) is 111 Å². The van der Waals surface area contributed by atoms with Gasteiger partial charge in [-0.1, -0.05) is 142 Å². The SMILES string of the molecule is CC(=O)OCC1O[C@@H](OCCCCCC(=O)NCC(C)OCc2ccccc2)C(C)[C@@H](C)[C@H]1C.CC(=O)OCC1O[C@@H](OCCCCCC(=O)NCC(C)OP(OCCC#N)N(C(C)C)C(C)C)C(C)[C@@H](C)[C@H]1C.CC(=O)OCC1O[C@@H](OCCCCCC(=O)O)C(C)[C@@H](C)[C@H]1C.CC(CN)OCc1ccccc1.[2H]CF. The molecule has 19 atom stereocenters. The van der Waals surface area contributed by atoms with Gasteiger partial charge in [-0.2, -0.15) is 5.26 Å². The van der Waals surface area contributed by atoms with E-state index in [0.29, 0.717) is 115 Å². The zero-order valence-corrected chi connectivity index (χ0v) is 71.6. The van der Waals surface area contributed by atoms with Crippen LogP contribution in [0.25, 0.3) is 0 Å². The number of carbonyl (C=O) groups is 6. The van der Waals surface area contributed by atoms with E-state index in [1.165, 1.54) is 26.3 Å². The number of benzene rings is 2. The zero-order valence-electron chi connectivity index (χ0n) is 71.7. The second-order valence-electron chi connectivity index (χ2n) is 30.2. The number of halogens is 1. The van der Waals surface area contributed by atoms with Crippen molar-refractivity contribution >= 4 is 44.2 Å². The van der Waals surface area contributed by atoms with E-state index in [-0.39, 0.29) is 147 Å². The molecule has 2 aromatic carbocycles. The van der Waals surface area contributed by atoms with Gasteiger partial charge in [-0.05, 0) is 134 Å². The Labute approximate surface area is 668 Å². The van der Waals surface area contributed by atoms with Crippen LogP contribution in [0.4, 0.5) is 4.39 Å². The average molecular weight is 1600 g/mol. The minimum Gasteiger partial charge on any atom is -0.481 e. The largest absolute Gasteiger partial charge is 0.481 e. The van der Waals surface area contributed by atoms with Gasteiger partial charge in [-0.3, -0.25) is 33.2 Å². The molecule has 638 valence electrons. The Morgan fingerprint density at radius 2 is 0.865 bits per heavy atom. The number of carboxylic acid groups (broad SMARTS) is 1. The van der Waals surface area contributed by atoms with Crippen LogP contribution in [-0.4, -0.2) is 186 Å². The molecule has 0 saturated carbocycles. The quantitative estimate of drug-likeness (QED) is 0.0207. The number of rotatable bonds is 46. The second kappa shape index (κ2) is 61.1. The molecule has 3 heterocycles. The van der Waals surface area contributed by atoms with Crippen LogP contribution in [0.5, 0.6) is 0 Å². The van der Waals surface area contributed by atoms with Crippen LogP contribution in [0, 0.1) is 64.6 Å².